The first-order valence-electron chi connectivity index (χ1n) is 45.7. The van der Waals surface area contributed by atoms with Crippen molar-refractivity contribution >= 4 is 39.5 Å². The van der Waals surface area contributed by atoms with Gasteiger partial charge in [0, 0.05) is 25.7 Å². The van der Waals surface area contributed by atoms with Gasteiger partial charge in [0.25, 0.3) is 0 Å². The highest BCUT2D eigenvalue weighted by Crippen LogP contribution is 2.45. The summed E-state index contributed by atoms with van der Waals surface area (Å²) in [6.07, 6.45) is 68.1. The Kier molecular flexibility index (Phi) is 76.2. The van der Waals surface area contributed by atoms with Crippen LogP contribution in [0.25, 0.3) is 0 Å². The molecule has 0 heterocycles. The highest BCUT2D eigenvalue weighted by Gasteiger charge is 2.31. The normalized spacial score (nSPS) is 14.1. The third-order valence-corrected chi connectivity index (χ3v) is 23.1. The Balaban J connectivity index is 5.22. The molecule has 0 radical (unpaired) electrons. The van der Waals surface area contributed by atoms with E-state index >= 15 is 0 Å². The Morgan fingerprint density at radius 1 is 0.259 bits per heavy atom. The van der Waals surface area contributed by atoms with Gasteiger partial charge in [-0.25, -0.2) is 9.13 Å². The molecule has 0 saturated carbocycles. The number of esters is 4. The average Bonchev–Trinajstić information content (AvgIpc) is 0.899. The number of phosphoric acid groups is 2. The Hall–Kier alpha value is -1.94. The summed E-state index contributed by atoms with van der Waals surface area (Å²) >= 11 is 0. The van der Waals surface area contributed by atoms with Crippen LogP contribution in [0.4, 0.5) is 0 Å². The highest BCUT2D eigenvalue weighted by molar-refractivity contribution is 7.47. The molecule has 0 bridgehead atoms. The lowest BCUT2D eigenvalue weighted by Gasteiger charge is -2.21. The van der Waals surface area contributed by atoms with Crippen molar-refractivity contribution in [3.63, 3.8) is 0 Å². The van der Waals surface area contributed by atoms with Crippen LogP contribution in [0.3, 0.4) is 0 Å². The van der Waals surface area contributed by atoms with E-state index in [-0.39, 0.29) is 25.7 Å². The van der Waals surface area contributed by atoms with Crippen LogP contribution in [-0.4, -0.2) is 96.7 Å². The molecule has 0 saturated heterocycles. The largest absolute Gasteiger partial charge is 0.472 e. The number of rotatable bonds is 86. The number of aliphatic hydroxyl groups excluding tert-OH is 1. The minimum absolute atomic E-state index is 0.107. The zero-order valence-corrected chi connectivity index (χ0v) is 73.3. The Morgan fingerprint density at radius 3 is 0.657 bits per heavy atom. The van der Waals surface area contributed by atoms with E-state index in [2.05, 4.69) is 55.4 Å². The van der Waals surface area contributed by atoms with Crippen LogP contribution in [0.1, 0.15) is 466 Å². The summed E-state index contributed by atoms with van der Waals surface area (Å²) in [5.74, 6) is 1.08. The lowest BCUT2D eigenvalue weighted by atomic mass is 9.99. The van der Waals surface area contributed by atoms with Crippen LogP contribution in [-0.2, 0) is 65.4 Å². The van der Waals surface area contributed by atoms with Gasteiger partial charge in [0.05, 0.1) is 26.4 Å². The average molecular weight is 1580 g/mol. The second-order valence-electron chi connectivity index (χ2n) is 33.7. The molecule has 642 valence electrons. The molecule has 19 heteroatoms. The number of aliphatic hydroxyl groups is 1. The molecule has 0 amide bonds. The third-order valence-electron chi connectivity index (χ3n) is 21.2. The van der Waals surface area contributed by atoms with Gasteiger partial charge >= 0.3 is 39.5 Å². The predicted octanol–water partition coefficient (Wildman–Crippen LogP) is 27.1. The van der Waals surface area contributed by atoms with Crippen molar-refractivity contribution < 1.29 is 80.2 Å². The molecule has 0 aliphatic carbocycles. The maximum absolute atomic E-state index is 13.2. The summed E-state index contributed by atoms with van der Waals surface area (Å²) in [7, 11) is -9.93. The van der Waals surface area contributed by atoms with Crippen LogP contribution in [0.2, 0.25) is 0 Å². The molecular weight excluding hydrogens is 1400 g/mol. The van der Waals surface area contributed by atoms with Gasteiger partial charge in [0.15, 0.2) is 12.2 Å². The zero-order valence-electron chi connectivity index (χ0n) is 71.5. The quantitative estimate of drug-likeness (QED) is 0.0222. The highest BCUT2D eigenvalue weighted by atomic mass is 31.2. The fourth-order valence-electron chi connectivity index (χ4n) is 13.8. The Labute approximate surface area is 664 Å². The van der Waals surface area contributed by atoms with Gasteiger partial charge in [0.1, 0.15) is 19.3 Å². The second-order valence-corrected chi connectivity index (χ2v) is 36.6. The molecule has 0 spiro atoms. The number of unbranched alkanes of at least 4 members (excludes halogenated alkanes) is 51. The van der Waals surface area contributed by atoms with Crippen LogP contribution >= 0.6 is 15.6 Å². The summed E-state index contributed by atoms with van der Waals surface area (Å²) in [6, 6.07) is 0. The number of hydrogen-bond donors (Lipinski definition) is 3. The van der Waals surface area contributed by atoms with Crippen LogP contribution in [0.5, 0.6) is 0 Å². The van der Waals surface area contributed by atoms with Crippen LogP contribution < -0.4 is 0 Å². The number of carbonyl (C=O) groups excluding carboxylic acids is 4. The first-order chi connectivity index (χ1) is 52.1. The summed E-state index contributed by atoms with van der Waals surface area (Å²) in [4.78, 5) is 73.3. The van der Waals surface area contributed by atoms with Crippen LogP contribution in [0.15, 0.2) is 0 Å². The predicted molar refractivity (Wildman–Crippen MR) is 446 cm³/mol. The lowest BCUT2D eigenvalue weighted by Crippen LogP contribution is -2.30. The van der Waals surface area contributed by atoms with E-state index in [4.69, 9.17) is 37.0 Å². The van der Waals surface area contributed by atoms with Crippen LogP contribution in [0, 0.1) is 23.7 Å². The minimum Gasteiger partial charge on any atom is -0.462 e. The summed E-state index contributed by atoms with van der Waals surface area (Å²) < 4.78 is 69.0. The van der Waals surface area contributed by atoms with Crippen molar-refractivity contribution in [2.75, 3.05) is 39.6 Å². The van der Waals surface area contributed by atoms with E-state index in [1.54, 1.807) is 0 Å². The van der Waals surface area contributed by atoms with E-state index in [1.807, 2.05) is 0 Å². The van der Waals surface area contributed by atoms with E-state index in [9.17, 15) is 43.2 Å². The molecular formula is C89H174O17P2. The third kappa shape index (κ3) is 80.7. The maximum atomic E-state index is 13.2. The SMILES string of the molecule is CCC(C)CCCCCCCCCCCCCCCCC(=O)O[C@H](COC(=O)CCCCCCCCCCCCCCCCCCCCC(C)C)COP(=O)(O)OCC(O)COP(=O)(O)OC[C@@H](COC(=O)CCCCCCCCCC(C)C)OC(=O)CCCCCCCCCCCCCCCCCCC(C)C. The molecule has 4 unspecified atom stereocenters. The standard InChI is InChI=1S/C89H174O17P2/c1-9-82(8)68-60-52-44-36-30-24-20-21-27-33-39-47-56-64-72-88(93)105-84(75-99-86(91)69-61-53-45-37-31-25-18-13-11-10-12-16-22-28-34-41-49-57-65-79(2)3)77-103-107(95,96)101-73-83(90)74-102-108(97,98)104-78-85(76-100-87(92)70-62-54-48-40-43-51-59-67-81(6)7)106-89(94)71-63-55-46-38-32-26-19-15-14-17-23-29-35-42-50-58-66-80(4)5/h79-85,90H,9-78H2,1-8H3,(H,95,96)(H,97,98)/t82?,83?,84-,85-/m1/s1. The molecule has 0 aromatic heterocycles. The first-order valence-corrected chi connectivity index (χ1v) is 48.7. The molecule has 108 heavy (non-hydrogen) atoms. The second kappa shape index (κ2) is 77.6. The number of ether oxygens (including phenoxy) is 4. The van der Waals surface area contributed by atoms with Crippen molar-refractivity contribution in [1.82, 2.24) is 0 Å². The lowest BCUT2D eigenvalue weighted by molar-refractivity contribution is -0.161. The van der Waals surface area contributed by atoms with Gasteiger partial charge in [-0.2, -0.15) is 0 Å². The molecule has 6 atom stereocenters. The molecule has 0 aromatic rings. The number of phosphoric ester groups is 2. The zero-order chi connectivity index (χ0) is 79.5. The van der Waals surface area contributed by atoms with Gasteiger partial charge < -0.3 is 33.8 Å². The number of hydrogen-bond acceptors (Lipinski definition) is 15. The molecule has 17 nitrogen and oxygen atoms in total. The van der Waals surface area contributed by atoms with Crippen molar-refractivity contribution in [1.29, 1.82) is 0 Å². The number of carbonyl (C=O) groups is 4. The molecule has 0 aromatic carbocycles. The van der Waals surface area contributed by atoms with Gasteiger partial charge in [-0.05, 0) is 49.4 Å². The summed E-state index contributed by atoms with van der Waals surface area (Å²) in [5, 5.41) is 10.7. The topological polar surface area (TPSA) is 237 Å². The molecule has 3 N–H and O–H groups in total. The fraction of sp³-hybridized carbons (Fsp3) is 0.955. The molecule has 0 aliphatic heterocycles. The molecule has 0 fully saturated rings. The van der Waals surface area contributed by atoms with Gasteiger partial charge in [-0.3, -0.25) is 37.3 Å². The fourth-order valence-corrected chi connectivity index (χ4v) is 15.4. The Bertz CT molecular complexity index is 2100. The van der Waals surface area contributed by atoms with Crippen molar-refractivity contribution in [3.8, 4) is 0 Å². The minimum atomic E-state index is -4.97. The first kappa shape index (κ1) is 106. The Morgan fingerprint density at radius 2 is 0.444 bits per heavy atom. The van der Waals surface area contributed by atoms with Crippen molar-refractivity contribution in [2.45, 2.75) is 485 Å². The van der Waals surface area contributed by atoms with Crippen molar-refractivity contribution in [3.05, 3.63) is 0 Å². The summed E-state index contributed by atoms with van der Waals surface area (Å²) in [5.41, 5.74) is 0. The van der Waals surface area contributed by atoms with Gasteiger partial charge in [0.2, 0.25) is 0 Å². The van der Waals surface area contributed by atoms with Gasteiger partial charge in [-0.15, -0.1) is 0 Å². The monoisotopic (exact) mass is 1580 g/mol. The smallest absolute Gasteiger partial charge is 0.462 e. The van der Waals surface area contributed by atoms with E-state index in [1.165, 1.54) is 263 Å². The molecule has 0 rings (SSSR count). The van der Waals surface area contributed by atoms with E-state index < -0.39 is 97.5 Å². The van der Waals surface area contributed by atoms with E-state index in [0.717, 1.165) is 114 Å². The van der Waals surface area contributed by atoms with E-state index in [0.29, 0.717) is 31.6 Å². The summed E-state index contributed by atoms with van der Waals surface area (Å²) in [6.45, 7) is 14.4. The maximum Gasteiger partial charge on any atom is 0.472 e. The molecule has 0 aliphatic rings. The van der Waals surface area contributed by atoms with Gasteiger partial charge in [-0.1, -0.05) is 415 Å². The van der Waals surface area contributed by atoms with Crippen molar-refractivity contribution in [2.24, 2.45) is 23.7 Å².